The van der Waals surface area contributed by atoms with E-state index in [0.29, 0.717) is 6.04 Å². The van der Waals surface area contributed by atoms with E-state index in [1.807, 2.05) is 5.51 Å². The van der Waals surface area contributed by atoms with Gasteiger partial charge < -0.3 is 5.32 Å². The van der Waals surface area contributed by atoms with Gasteiger partial charge >= 0.3 is 0 Å². The molecule has 1 fully saturated rings. The van der Waals surface area contributed by atoms with E-state index < -0.39 is 0 Å². The van der Waals surface area contributed by atoms with Gasteiger partial charge in [0.1, 0.15) is 5.00 Å². The Hall–Kier alpha value is -0.570. The van der Waals surface area contributed by atoms with Crippen LogP contribution in [0.1, 0.15) is 38.3 Å². The largest absolute Gasteiger partial charge is 0.373 e. The fourth-order valence-corrected chi connectivity index (χ4v) is 2.75. The quantitative estimate of drug-likeness (QED) is 0.803. The summed E-state index contributed by atoms with van der Waals surface area (Å²) in [7, 11) is 0. The Morgan fingerprint density at radius 1 is 1.54 bits per heavy atom. The third-order valence-corrected chi connectivity index (χ3v) is 3.47. The lowest BCUT2D eigenvalue weighted by Crippen LogP contribution is -2.14. The molecular formula is C10H16N2S. The van der Waals surface area contributed by atoms with Crippen molar-refractivity contribution in [2.75, 3.05) is 5.32 Å². The van der Waals surface area contributed by atoms with Crippen LogP contribution in [-0.2, 0) is 6.42 Å². The summed E-state index contributed by atoms with van der Waals surface area (Å²) in [6.07, 6.45) is 6.48. The first-order valence-corrected chi connectivity index (χ1v) is 5.97. The van der Waals surface area contributed by atoms with Gasteiger partial charge in [0.15, 0.2) is 0 Å². The van der Waals surface area contributed by atoms with Crippen LogP contribution in [0.2, 0.25) is 0 Å². The van der Waals surface area contributed by atoms with Gasteiger partial charge in [-0.1, -0.05) is 19.8 Å². The molecule has 72 valence electrons. The summed E-state index contributed by atoms with van der Waals surface area (Å²) in [4.78, 5) is 4.33. The van der Waals surface area contributed by atoms with E-state index in [2.05, 4.69) is 17.2 Å². The number of hydrogen-bond donors (Lipinski definition) is 1. The van der Waals surface area contributed by atoms with Crippen molar-refractivity contribution in [3.63, 3.8) is 0 Å². The van der Waals surface area contributed by atoms with Crippen LogP contribution in [0.3, 0.4) is 0 Å². The number of nitrogens with one attached hydrogen (secondary N) is 1. The van der Waals surface area contributed by atoms with Crippen molar-refractivity contribution >= 4 is 16.3 Å². The average molecular weight is 196 g/mol. The van der Waals surface area contributed by atoms with Crippen molar-refractivity contribution in [2.24, 2.45) is 0 Å². The maximum Gasteiger partial charge on any atom is 0.112 e. The van der Waals surface area contributed by atoms with Gasteiger partial charge in [0.2, 0.25) is 0 Å². The second-order valence-corrected chi connectivity index (χ2v) is 4.46. The van der Waals surface area contributed by atoms with Crippen molar-refractivity contribution in [1.29, 1.82) is 0 Å². The average Bonchev–Trinajstić information content (AvgIpc) is 2.76. The molecule has 1 saturated carbocycles. The summed E-state index contributed by atoms with van der Waals surface area (Å²) in [5.74, 6) is 0. The molecule has 2 nitrogen and oxygen atoms in total. The smallest absolute Gasteiger partial charge is 0.112 e. The van der Waals surface area contributed by atoms with Gasteiger partial charge in [-0.15, -0.1) is 11.3 Å². The fourth-order valence-electron chi connectivity index (χ4n) is 1.89. The molecule has 1 aliphatic rings. The van der Waals surface area contributed by atoms with Crippen molar-refractivity contribution in [1.82, 2.24) is 4.98 Å². The predicted octanol–water partition coefficient (Wildman–Crippen LogP) is 3.06. The predicted molar refractivity (Wildman–Crippen MR) is 57.4 cm³/mol. The normalized spacial score (nSPS) is 17.9. The SMILES string of the molecule is CCc1ncsc1NC1CCCC1. The Morgan fingerprint density at radius 2 is 2.31 bits per heavy atom. The van der Waals surface area contributed by atoms with E-state index in [4.69, 9.17) is 0 Å². The second kappa shape index (κ2) is 4.09. The van der Waals surface area contributed by atoms with E-state index in [0.717, 1.165) is 6.42 Å². The monoisotopic (exact) mass is 196 g/mol. The van der Waals surface area contributed by atoms with Crippen molar-refractivity contribution in [3.05, 3.63) is 11.2 Å². The van der Waals surface area contributed by atoms with Crippen LogP contribution in [0.15, 0.2) is 5.51 Å². The van der Waals surface area contributed by atoms with Crippen LogP contribution in [0.25, 0.3) is 0 Å². The summed E-state index contributed by atoms with van der Waals surface area (Å²) in [5, 5.41) is 4.90. The van der Waals surface area contributed by atoms with Gasteiger partial charge in [-0.2, -0.15) is 0 Å². The molecule has 0 saturated heterocycles. The molecule has 2 rings (SSSR count). The molecular weight excluding hydrogens is 180 g/mol. The molecule has 3 heteroatoms. The van der Waals surface area contributed by atoms with Crippen LogP contribution in [0, 0.1) is 0 Å². The van der Waals surface area contributed by atoms with E-state index in [-0.39, 0.29) is 0 Å². The Kier molecular flexibility index (Phi) is 2.83. The van der Waals surface area contributed by atoms with Gasteiger partial charge in [0.05, 0.1) is 11.2 Å². The molecule has 0 amide bonds. The Morgan fingerprint density at radius 3 is 3.00 bits per heavy atom. The standard InChI is InChI=1S/C10H16N2S/c1-2-9-10(13-7-11-9)12-8-5-3-4-6-8/h7-8,12H,2-6H2,1H3. The molecule has 0 unspecified atom stereocenters. The third-order valence-electron chi connectivity index (χ3n) is 2.67. The molecule has 0 atom stereocenters. The summed E-state index contributed by atoms with van der Waals surface area (Å²) >= 11 is 1.74. The number of aryl methyl sites for hydroxylation is 1. The highest BCUT2D eigenvalue weighted by molar-refractivity contribution is 7.14. The lowest BCUT2D eigenvalue weighted by atomic mass is 10.2. The minimum atomic E-state index is 0.714. The Labute approximate surface area is 83.4 Å². The highest BCUT2D eigenvalue weighted by Crippen LogP contribution is 2.26. The Bertz CT molecular complexity index is 264. The van der Waals surface area contributed by atoms with Crippen LogP contribution < -0.4 is 5.32 Å². The van der Waals surface area contributed by atoms with Crippen molar-refractivity contribution < 1.29 is 0 Å². The van der Waals surface area contributed by atoms with Gasteiger partial charge in [-0.05, 0) is 19.3 Å². The van der Waals surface area contributed by atoms with Crippen LogP contribution in [0.4, 0.5) is 5.00 Å². The lowest BCUT2D eigenvalue weighted by molar-refractivity contribution is 0.755. The summed E-state index contributed by atoms with van der Waals surface area (Å²) in [6.45, 7) is 2.16. The van der Waals surface area contributed by atoms with E-state index in [1.54, 1.807) is 11.3 Å². The zero-order valence-electron chi connectivity index (χ0n) is 8.05. The number of hydrogen-bond acceptors (Lipinski definition) is 3. The first-order valence-electron chi connectivity index (χ1n) is 5.09. The summed E-state index contributed by atoms with van der Waals surface area (Å²) < 4.78 is 0. The third kappa shape index (κ3) is 2.02. The van der Waals surface area contributed by atoms with E-state index in [1.165, 1.54) is 36.4 Å². The van der Waals surface area contributed by atoms with Gasteiger partial charge in [-0.3, -0.25) is 0 Å². The molecule has 0 spiro atoms. The summed E-state index contributed by atoms with van der Waals surface area (Å²) in [6, 6.07) is 0.714. The van der Waals surface area contributed by atoms with Crippen molar-refractivity contribution in [2.45, 2.75) is 45.1 Å². The van der Waals surface area contributed by atoms with Crippen molar-refractivity contribution in [3.8, 4) is 0 Å². The highest BCUT2D eigenvalue weighted by atomic mass is 32.1. The number of rotatable bonds is 3. The second-order valence-electron chi connectivity index (χ2n) is 3.61. The van der Waals surface area contributed by atoms with Crippen LogP contribution in [0.5, 0.6) is 0 Å². The van der Waals surface area contributed by atoms with Gasteiger partial charge in [0, 0.05) is 6.04 Å². The molecule has 0 aromatic carbocycles. The van der Waals surface area contributed by atoms with E-state index in [9.17, 15) is 0 Å². The molecule has 1 heterocycles. The highest BCUT2D eigenvalue weighted by Gasteiger charge is 2.16. The minimum Gasteiger partial charge on any atom is -0.373 e. The minimum absolute atomic E-state index is 0.714. The van der Waals surface area contributed by atoms with Gasteiger partial charge in [0.25, 0.3) is 0 Å². The first-order chi connectivity index (χ1) is 6.40. The number of thiazole rings is 1. The maximum absolute atomic E-state index is 4.33. The summed E-state index contributed by atoms with van der Waals surface area (Å²) in [5.41, 5.74) is 3.17. The van der Waals surface area contributed by atoms with Crippen LogP contribution in [-0.4, -0.2) is 11.0 Å². The molecule has 1 aromatic heterocycles. The fraction of sp³-hybridized carbons (Fsp3) is 0.700. The molecule has 1 N–H and O–H groups in total. The first kappa shape index (κ1) is 9.00. The topological polar surface area (TPSA) is 24.9 Å². The number of nitrogens with zero attached hydrogens (tertiary/aromatic N) is 1. The maximum atomic E-state index is 4.33. The molecule has 0 radical (unpaired) electrons. The van der Waals surface area contributed by atoms with Crippen LogP contribution >= 0.6 is 11.3 Å². The van der Waals surface area contributed by atoms with Gasteiger partial charge in [-0.25, -0.2) is 4.98 Å². The Balaban J connectivity index is 1.99. The number of aromatic nitrogens is 1. The molecule has 0 aliphatic heterocycles. The number of anilines is 1. The lowest BCUT2D eigenvalue weighted by Gasteiger charge is -2.11. The van der Waals surface area contributed by atoms with E-state index >= 15 is 0 Å². The molecule has 1 aromatic rings. The molecule has 1 aliphatic carbocycles. The molecule has 13 heavy (non-hydrogen) atoms. The molecule has 0 bridgehead atoms. The zero-order chi connectivity index (χ0) is 9.10. The zero-order valence-corrected chi connectivity index (χ0v) is 8.86.